The normalized spacial score (nSPS) is 19.6. The third-order valence-corrected chi connectivity index (χ3v) is 7.43. The topological polar surface area (TPSA) is 95.6 Å². The van der Waals surface area contributed by atoms with E-state index in [9.17, 15) is 22.4 Å². The molecule has 164 valence electrons. The maximum atomic E-state index is 13.1. The molecule has 1 heterocycles. The first kappa shape index (κ1) is 21.5. The van der Waals surface area contributed by atoms with E-state index < -0.39 is 21.8 Å². The Labute approximate surface area is 180 Å². The summed E-state index contributed by atoms with van der Waals surface area (Å²) in [5.41, 5.74) is 1.15. The first-order valence-corrected chi connectivity index (χ1v) is 11.7. The summed E-state index contributed by atoms with van der Waals surface area (Å²) in [6.45, 7) is 0.371. The van der Waals surface area contributed by atoms with Crippen molar-refractivity contribution in [1.82, 2.24) is 4.31 Å². The molecule has 0 bridgehead atoms. The lowest BCUT2D eigenvalue weighted by molar-refractivity contribution is -0.121. The first-order chi connectivity index (χ1) is 14.8. The van der Waals surface area contributed by atoms with Crippen LogP contribution < -0.4 is 10.6 Å². The fourth-order valence-electron chi connectivity index (χ4n) is 3.64. The molecule has 1 unspecified atom stereocenters. The van der Waals surface area contributed by atoms with Crippen LogP contribution >= 0.6 is 0 Å². The molecule has 0 spiro atoms. The summed E-state index contributed by atoms with van der Waals surface area (Å²) in [6.07, 6.45) is 2.93. The minimum absolute atomic E-state index is 0.00839. The van der Waals surface area contributed by atoms with E-state index in [0.29, 0.717) is 30.8 Å². The van der Waals surface area contributed by atoms with Gasteiger partial charge in [0.2, 0.25) is 21.8 Å². The van der Waals surface area contributed by atoms with Crippen LogP contribution in [0.3, 0.4) is 0 Å². The van der Waals surface area contributed by atoms with Gasteiger partial charge in [-0.2, -0.15) is 4.31 Å². The molecule has 9 heteroatoms. The van der Waals surface area contributed by atoms with E-state index >= 15 is 0 Å². The Morgan fingerprint density at radius 2 is 1.52 bits per heavy atom. The number of rotatable bonds is 6. The SMILES string of the molecule is O=C(Nc1cccc(NC(=O)C2CCCN(S(=O)(=O)c3ccc(F)cc3)C2)c1)C1CC1. The van der Waals surface area contributed by atoms with Gasteiger partial charge in [0.25, 0.3) is 0 Å². The van der Waals surface area contributed by atoms with E-state index in [1.165, 1.54) is 16.4 Å². The van der Waals surface area contributed by atoms with Crippen molar-refractivity contribution in [2.24, 2.45) is 11.8 Å². The molecule has 1 aliphatic heterocycles. The van der Waals surface area contributed by atoms with Gasteiger partial charge >= 0.3 is 0 Å². The molecular formula is C22H24FN3O4S. The maximum absolute atomic E-state index is 13.1. The maximum Gasteiger partial charge on any atom is 0.243 e. The lowest BCUT2D eigenvalue weighted by Gasteiger charge is -2.31. The summed E-state index contributed by atoms with van der Waals surface area (Å²) >= 11 is 0. The van der Waals surface area contributed by atoms with Crippen LogP contribution in [0.2, 0.25) is 0 Å². The zero-order chi connectivity index (χ0) is 22.0. The number of hydrogen-bond donors (Lipinski definition) is 2. The van der Waals surface area contributed by atoms with Gasteiger partial charge in [-0.1, -0.05) is 6.07 Å². The van der Waals surface area contributed by atoms with E-state index in [-0.39, 0.29) is 29.2 Å². The first-order valence-electron chi connectivity index (χ1n) is 10.3. The number of halogens is 1. The Kier molecular flexibility index (Phi) is 6.06. The second-order valence-corrected chi connectivity index (χ2v) is 9.93. The molecule has 1 saturated heterocycles. The average Bonchev–Trinajstić information content (AvgIpc) is 3.60. The van der Waals surface area contributed by atoms with Crippen molar-refractivity contribution in [3.63, 3.8) is 0 Å². The summed E-state index contributed by atoms with van der Waals surface area (Å²) in [6, 6.07) is 11.6. The van der Waals surface area contributed by atoms with Crippen LogP contribution in [0.5, 0.6) is 0 Å². The minimum Gasteiger partial charge on any atom is -0.326 e. The Balaban J connectivity index is 1.41. The van der Waals surface area contributed by atoms with Crippen molar-refractivity contribution in [2.45, 2.75) is 30.6 Å². The standard InChI is InChI=1S/C22H24FN3O4S/c23-17-8-10-20(11-9-17)31(29,30)26-12-2-3-16(14-26)22(28)25-19-5-1-4-18(13-19)24-21(27)15-6-7-15/h1,4-5,8-11,13,15-16H,2-3,6-7,12,14H2,(H,24,27)(H,25,28). The van der Waals surface area contributed by atoms with Crippen LogP contribution in [-0.2, 0) is 19.6 Å². The van der Waals surface area contributed by atoms with Crippen molar-refractivity contribution >= 4 is 33.2 Å². The number of amides is 2. The number of nitrogens with zero attached hydrogens (tertiary/aromatic N) is 1. The molecule has 0 aromatic heterocycles. The molecule has 2 aliphatic rings. The Bertz CT molecular complexity index is 1080. The van der Waals surface area contributed by atoms with Gasteiger partial charge in [-0.25, -0.2) is 12.8 Å². The predicted octanol–water partition coefficient (Wildman–Crippen LogP) is 3.21. The minimum atomic E-state index is -3.80. The van der Waals surface area contributed by atoms with Gasteiger partial charge in [-0.05, 0) is 68.1 Å². The zero-order valence-corrected chi connectivity index (χ0v) is 17.7. The summed E-state index contributed by atoms with van der Waals surface area (Å²) in [5.74, 6) is -1.23. The number of piperidine rings is 1. The van der Waals surface area contributed by atoms with Crippen molar-refractivity contribution in [1.29, 1.82) is 0 Å². The van der Waals surface area contributed by atoms with Gasteiger partial charge in [0.15, 0.2) is 0 Å². The molecular weight excluding hydrogens is 421 g/mol. The van der Waals surface area contributed by atoms with Crippen LogP contribution in [0.25, 0.3) is 0 Å². The highest BCUT2D eigenvalue weighted by atomic mass is 32.2. The predicted molar refractivity (Wildman–Crippen MR) is 114 cm³/mol. The average molecular weight is 446 g/mol. The highest BCUT2D eigenvalue weighted by Crippen LogP contribution is 2.30. The Morgan fingerprint density at radius 3 is 2.13 bits per heavy atom. The molecule has 0 radical (unpaired) electrons. The lowest BCUT2D eigenvalue weighted by atomic mass is 9.98. The molecule has 1 atom stereocenters. The van der Waals surface area contributed by atoms with Crippen molar-refractivity contribution in [3.8, 4) is 0 Å². The van der Waals surface area contributed by atoms with Gasteiger partial charge in [0.05, 0.1) is 10.8 Å². The molecule has 1 aliphatic carbocycles. The summed E-state index contributed by atoms with van der Waals surface area (Å²) in [7, 11) is -3.80. The van der Waals surface area contributed by atoms with Crippen LogP contribution in [0, 0.1) is 17.7 Å². The van der Waals surface area contributed by atoms with Crippen LogP contribution in [0.4, 0.5) is 15.8 Å². The number of nitrogens with one attached hydrogen (secondary N) is 2. The largest absolute Gasteiger partial charge is 0.326 e. The van der Waals surface area contributed by atoms with Crippen molar-refractivity contribution < 1.29 is 22.4 Å². The van der Waals surface area contributed by atoms with Gasteiger partial charge < -0.3 is 10.6 Å². The fraction of sp³-hybridized carbons (Fsp3) is 0.364. The van der Waals surface area contributed by atoms with Crippen LogP contribution in [0.15, 0.2) is 53.4 Å². The summed E-state index contributed by atoms with van der Waals surface area (Å²) in [5, 5.41) is 5.67. The van der Waals surface area contributed by atoms with E-state index in [1.807, 2.05) is 0 Å². The molecule has 2 fully saturated rings. The fourth-order valence-corrected chi connectivity index (χ4v) is 5.16. The van der Waals surface area contributed by atoms with Crippen molar-refractivity contribution in [3.05, 3.63) is 54.3 Å². The van der Waals surface area contributed by atoms with Gasteiger partial charge in [-0.3, -0.25) is 9.59 Å². The summed E-state index contributed by atoms with van der Waals surface area (Å²) in [4.78, 5) is 24.8. The number of carbonyl (C=O) groups is 2. The highest BCUT2D eigenvalue weighted by Gasteiger charge is 2.33. The smallest absolute Gasteiger partial charge is 0.243 e. The van der Waals surface area contributed by atoms with Crippen LogP contribution in [-0.4, -0.2) is 37.6 Å². The highest BCUT2D eigenvalue weighted by molar-refractivity contribution is 7.89. The van der Waals surface area contributed by atoms with Gasteiger partial charge in [0, 0.05) is 30.4 Å². The number of anilines is 2. The van der Waals surface area contributed by atoms with E-state index in [0.717, 1.165) is 25.0 Å². The Hall–Kier alpha value is -2.78. The molecule has 2 amide bonds. The molecule has 31 heavy (non-hydrogen) atoms. The third kappa shape index (κ3) is 5.11. The molecule has 2 aromatic rings. The monoisotopic (exact) mass is 445 g/mol. The molecule has 1 saturated carbocycles. The molecule has 4 rings (SSSR count). The number of sulfonamides is 1. The quantitative estimate of drug-likeness (QED) is 0.714. The molecule has 2 aromatic carbocycles. The zero-order valence-electron chi connectivity index (χ0n) is 16.9. The van der Waals surface area contributed by atoms with Gasteiger partial charge in [0.1, 0.15) is 5.82 Å². The van der Waals surface area contributed by atoms with E-state index in [4.69, 9.17) is 0 Å². The summed E-state index contributed by atoms with van der Waals surface area (Å²) < 4.78 is 40.2. The molecule has 7 nitrogen and oxygen atoms in total. The molecule has 2 N–H and O–H groups in total. The van der Waals surface area contributed by atoms with Crippen LogP contribution in [0.1, 0.15) is 25.7 Å². The van der Waals surface area contributed by atoms with E-state index in [1.54, 1.807) is 24.3 Å². The second kappa shape index (κ2) is 8.76. The van der Waals surface area contributed by atoms with Gasteiger partial charge in [-0.15, -0.1) is 0 Å². The lowest BCUT2D eigenvalue weighted by Crippen LogP contribution is -2.43. The second-order valence-electron chi connectivity index (χ2n) is 7.99. The van der Waals surface area contributed by atoms with E-state index in [2.05, 4.69) is 10.6 Å². The number of carbonyl (C=O) groups excluding carboxylic acids is 2. The number of hydrogen-bond acceptors (Lipinski definition) is 4. The third-order valence-electron chi connectivity index (χ3n) is 5.55. The Morgan fingerprint density at radius 1 is 0.903 bits per heavy atom. The van der Waals surface area contributed by atoms with Crippen molar-refractivity contribution in [2.75, 3.05) is 23.7 Å². The number of benzene rings is 2.